The summed E-state index contributed by atoms with van der Waals surface area (Å²) in [6.07, 6.45) is 0. The molecule has 0 aromatic rings. The Morgan fingerprint density at radius 2 is 2.36 bits per heavy atom. The van der Waals surface area contributed by atoms with Gasteiger partial charge >= 0.3 is 0 Å². The van der Waals surface area contributed by atoms with Gasteiger partial charge in [-0.05, 0) is 13.8 Å². The van der Waals surface area contributed by atoms with Crippen LogP contribution in [0.15, 0.2) is 0 Å². The van der Waals surface area contributed by atoms with Gasteiger partial charge in [0.1, 0.15) is 6.04 Å². The number of amides is 1. The maximum Gasteiger partial charge on any atom is 0.239 e. The van der Waals surface area contributed by atoms with Gasteiger partial charge in [0.05, 0.1) is 6.61 Å². The van der Waals surface area contributed by atoms with Crippen LogP contribution in [0, 0.1) is 0 Å². The minimum absolute atomic E-state index is 0.110. The summed E-state index contributed by atoms with van der Waals surface area (Å²) in [7, 11) is 0. The fraction of sp³-hybridized carbons (Fsp3) is 0.857. The number of piperazine rings is 1. The minimum Gasteiger partial charge on any atom is -0.394 e. The fourth-order valence-electron chi connectivity index (χ4n) is 1.15. The van der Waals surface area contributed by atoms with Gasteiger partial charge < -0.3 is 10.4 Å². The van der Waals surface area contributed by atoms with Crippen molar-refractivity contribution in [1.29, 1.82) is 0 Å². The molecule has 1 amide bonds. The molecule has 4 nitrogen and oxygen atoms in total. The second-order valence-electron chi connectivity index (χ2n) is 3.48. The van der Waals surface area contributed by atoms with Gasteiger partial charge in [0.25, 0.3) is 0 Å². The van der Waals surface area contributed by atoms with Crippen LogP contribution in [-0.4, -0.2) is 35.7 Å². The smallest absolute Gasteiger partial charge is 0.239 e. The zero-order chi connectivity index (χ0) is 8.48. The van der Waals surface area contributed by atoms with E-state index in [1.165, 1.54) is 0 Å². The molecule has 11 heavy (non-hydrogen) atoms. The van der Waals surface area contributed by atoms with E-state index < -0.39 is 6.04 Å². The second-order valence-corrected chi connectivity index (χ2v) is 3.48. The lowest BCUT2D eigenvalue weighted by Gasteiger charge is -2.35. The van der Waals surface area contributed by atoms with E-state index in [-0.39, 0.29) is 18.1 Å². The van der Waals surface area contributed by atoms with Crippen LogP contribution in [0.2, 0.25) is 0 Å². The van der Waals surface area contributed by atoms with Crippen LogP contribution in [0.25, 0.3) is 0 Å². The lowest BCUT2D eigenvalue weighted by molar-refractivity contribution is -0.127. The Balaban J connectivity index is 2.58. The fourth-order valence-corrected chi connectivity index (χ4v) is 1.15. The molecule has 1 saturated heterocycles. The van der Waals surface area contributed by atoms with Gasteiger partial charge in [-0.1, -0.05) is 0 Å². The van der Waals surface area contributed by atoms with Crippen molar-refractivity contribution >= 4 is 5.91 Å². The van der Waals surface area contributed by atoms with Crippen LogP contribution in [0.3, 0.4) is 0 Å². The van der Waals surface area contributed by atoms with E-state index in [2.05, 4.69) is 10.6 Å². The number of carbonyl (C=O) groups excluding carboxylic acids is 1. The average molecular weight is 158 g/mol. The van der Waals surface area contributed by atoms with Gasteiger partial charge in [-0.2, -0.15) is 0 Å². The molecule has 0 bridgehead atoms. The first kappa shape index (κ1) is 8.49. The molecular weight excluding hydrogens is 144 g/mol. The summed E-state index contributed by atoms with van der Waals surface area (Å²) in [5, 5.41) is 14.5. The molecule has 1 unspecified atom stereocenters. The third kappa shape index (κ3) is 1.91. The normalized spacial score (nSPS) is 29.7. The SMILES string of the molecule is CC1(C)CNC(=O)C(CO)N1. The summed E-state index contributed by atoms with van der Waals surface area (Å²) < 4.78 is 0. The van der Waals surface area contributed by atoms with E-state index in [1.54, 1.807) is 0 Å². The predicted molar refractivity (Wildman–Crippen MR) is 41.1 cm³/mol. The van der Waals surface area contributed by atoms with Crippen molar-refractivity contribution in [2.24, 2.45) is 0 Å². The molecule has 4 heteroatoms. The van der Waals surface area contributed by atoms with E-state index >= 15 is 0 Å². The molecule has 0 aliphatic carbocycles. The van der Waals surface area contributed by atoms with Crippen molar-refractivity contribution in [3.8, 4) is 0 Å². The van der Waals surface area contributed by atoms with Crippen molar-refractivity contribution in [3.05, 3.63) is 0 Å². The molecule has 0 aromatic carbocycles. The number of carbonyl (C=O) groups is 1. The van der Waals surface area contributed by atoms with Crippen molar-refractivity contribution in [2.45, 2.75) is 25.4 Å². The van der Waals surface area contributed by atoms with Crippen LogP contribution in [0.4, 0.5) is 0 Å². The minimum atomic E-state index is -0.446. The molecule has 1 heterocycles. The molecule has 0 aromatic heterocycles. The number of nitrogens with one attached hydrogen (secondary N) is 2. The third-order valence-electron chi connectivity index (χ3n) is 1.77. The molecule has 1 rings (SSSR count). The quantitative estimate of drug-likeness (QED) is 0.451. The first-order valence-corrected chi connectivity index (χ1v) is 3.71. The second kappa shape index (κ2) is 2.79. The summed E-state index contributed by atoms with van der Waals surface area (Å²) in [6, 6.07) is -0.446. The van der Waals surface area contributed by atoms with Crippen molar-refractivity contribution < 1.29 is 9.90 Å². The Morgan fingerprint density at radius 1 is 1.73 bits per heavy atom. The Kier molecular flexibility index (Phi) is 2.15. The summed E-state index contributed by atoms with van der Waals surface area (Å²) in [4.78, 5) is 11.0. The van der Waals surface area contributed by atoms with Gasteiger partial charge in [0, 0.05) is 12.1 Å². The van der Waals surface area contributed by atoms with E-state index in [9.17, 15) is 4.79 Å². The van der Waals surface area contributed by atoms with Gasteiger partial charge in [-0.15, -0.1) is 0 Å². The molecule has 3 N–H and O–H groups in total. The molecule has 1 atom stereocenters. The average Bonchev–Trinajstić information content (AvgIpc) is 1.94. The number of aliphatic hydroxyl groups excluding tert-OH is 1. The Labute approximate surface area is 66.0 Å². The van der Waals surface area contributed by atoms with E-state index in [0.29, 0.717) is 6.54 Å². The highest BCUT2D eigenvalue weighted by Gasteiger charge is 2.31. The molecule has 64 valence electrons. The maximum atomic E-state index is 11.0. The van der Waals surface area contributed by atoms with Crippen LogP contribution in [0.1, 0.15) is 13.8 Å². The Bertz CT molecular complexity index is 168. The van der Waals surface area contributed by atoms with Gasteiger partial charge in [0.2, 0.25) is 5.91 Å². The Morgan fingerprint density at radius 3 is 2.82 bits per heavy atom. The highest BCUT2D eigenvalue weighted by molar-refractivity contribution is 5.82. The summed E-state index contributed by atoms with van der Waals surface area (Å²) in [5.74, 6) is -0.119. The molecular formula is C7H14N2O2. The summed E-state index contributed by atoms with van der Waals surface area (Å²) in [5.41, 5.74) is -0.110. The first-order valence-electron chi connectivity index (χ1n) is 3.71. The number of hydrogen-bond acceptors (Lipinski definition) is 3. The molecule has 0 spiro atoms. The summed E-state index contributed by atoms with van der Waals surface area (Å²) >= 11 is 0. The monoisotopic (exact) mass is 158 g/mol. The van der Waals surface area contributed by atoms with Crippen LogP contribution in [-0.2, 0) is 4.79 Å². The van der Waals surface area contributed by atoms with Gasteiger partial charge in [-0.25, -0.2) is 0 Å². The molecule has 1 aliphatic heterocycles. The topological polar surface area (TPSA) is 61.4 Å². The largest absolute Gasteiger partial charge is 0.394 e. The third-order valence-corrected chi connectivity index (χ3v) is 1.77. The maximum absolute atomic E-state index is 11.0. The van der Waals surface area contributed by atoms with Crippen molar-refractivity contribution in [2.75, 3.05) is 13.2 Å². The standard InChI is InChI=1S/C7H14N2O2/c1-7(2)4-8-6(11)5(3-10)9-7/h5,9-10H,3-4H2,1-2H3,(H,8,11). The van der Waals surface area contributed by atoms with Crippen LogP contribution in [0.5, 0.6) is 0 Å². The molecule has 1 aliphatic rings. The van der Waals surface area contributed by atoms with E-state index in [1.807, 2.05) is 13.8 Å². The van der Waals surface area contributed by atoms with Gasteiger partial charge in [0.15, 0.2) is 0 Å². The molecule has 0 radical (unpaired) electrons. The van der Waals surface area contributed by atoms with Gasteiger partial charge in [-0.3, -0.25) is 10.1 Å². The Hall–Kier alpha value is -0.610. The van der Waals surface area contributed by atoms with Crippen LogP contribution < -0.4 is 10.6 Å². The lowest BCUT2D eigenvalue weighted by atomic mass is 10.0. The first-order chi connectivity index (χ1) is 5.05. The van der Waals surface area contributed by atoms with E-state index in [4.69, 9.17) is 5.11 Å². The number of rotatable bonds is 1. The van der Waals surface area contributed by atoms with Crippen molar-refractivity contribution in [3.63, 3.8) is 0 Å². The van der Waals surface area contributed by atoms with E-state index in [0.717, 1.165) is 0 Å². The predicted octanol–water partition coefficient (Wildman–Crippen LogP) is -1.15. The number of aliphatic hydroxyl groups is 1. The van der Waals surface area contributed by atoms with Crippen molar-refractivity contribution in [1.82, 2.24) is 10.6 Å². The highest BCUT2D eigenvalue weighted by atomic mass is 16.3. The van der Waals surface area contributed by atoms with Crippen LogP contribution >= 0.6 is 0 Å². The lowest BCUT2D eigenvalue weighted by Crippen LogP contribution is -2.64. The zero-order valence-corrected chi connectivity index (χ0v) is 6.85. The molecule has 0 saturated carbocycles. The summed E-state index contributed by atoms with van der Waals surface area (Å²) in [6.45, 7) is 4.43. The molecule has 1 fully saturated rings. The highest BCUT2D eigenvalue weighted by Crippen LogP contribution is 2.06. The zero-order valence-electron chi connectivity index (χ0n) is 6.85. The number of hydrogen-bond donors (Lipinski definition) is 3.